The second-order valence-electron chi connectivity index (χ2n) is 4.34. The quantitative estimate of drug-likeness (QED) is 0.633. The number of fused-ring (bicyclic) bond motifs is 1. The van der Waals surface area contributed by atoms with E-state index in [9.17, 15) is 13.6 Å². The van der Waals surface area contributed by atoms with E-state index in [4.69, 9.17) is 0 Å². The van der Waals surface area contributed by atoms with Crippen molar-refractivity contribution in [2.75, 3.05) is 20.1 Å². The van der Waals surface area contributed by atoms with Crippen LogP contribution < -0.4 is 5.32 Å². The van der Waals surface area contributed by atoms with Crippen LogP contribution in [0.25, 0.3) is 0 Å². The van der Waals surface area contributed by atoms with Gasteiger partial charge in [-0.25, -0.2) is 13.6 Å². The highest BCUT2D eigenvalue weighted by Crippen LogP contribution is 2.69. The lowest BCUT2D eigenvalue weighted by Crippen LogP contribution is -2.43. The molecule has 1 N–H and O–H groups in total. The van der Waals surface area contributed by atoms with E-state index >= 15 is 0 Å². The van der Waals surface area contributed by atoms with Crippen molar-refractivity contribution in [3.05, 3.63) is 0 Å². The number of piperidine rings is 1. The van der Waals surface area contributed by atoms with E-state index in [-0.39, 0.29) is 12.6 Å². The maximum Gasteiger partial charge on any atom is 0.317 e. The molecular formula is C9H14F2N2O. The number of likely N-dealkylation sites (tertiary alicyclic amines) is 1. The van der Waals surface area contributed by atoms with Crippen molar-refractivity contribution in [1.29, 1.82) is 0 Å². The average molecular weight is 204 g/mol. The summed E-state index contributed by atoms with van der Waals surface area (Å²) in [6, 6.07) is -0.255. The number of hydrogen-bond donors (Lipinski definition) is 1. The zero-order valence-electron chi connectivity index (χ0n) is 8.31. The first-order valence-corrected chi connectivity index (χ1v) is 4.78. The molecule has 80 valence electrons. The molecule has 0 aromatic heterocycles. The predicted molar refractivity (Wildman–Crippen MR) is 47.2 cm³/mol. The molecule has 1 aliphatic carbocycles. The van der Waals surface area contributed by atoms with Crippen molar-refractivity contribution in [2.45, 2.75) is 19.3 Å². The minimum atomic E-state index is -2.57. The van der Waals surface area contributed by atoms with Gasteiger partial charge in [0.2, 0.25) is 0 Å². The van der Waals surface area contributed by atoms with E-state index < -0.39 is 17.3 Å². The molecule has 2 unspecified atom stereocenters. The van der Waals surface area contributed by atoms with Gasteiger partial charge in [0.1, 0.15) is 0 Å². The molecule has 5 heteroatoms. The highest BCUT2D eigenvalue weighted by molar-refractivity contribution is 5.74. The number of nitrogens with zero attached hydrogens (tertiary/aromatic N) is 1. The highest BCUT2D eigenvalue weighted by Gasteiger charge is 2.78. The van der Waals surface area contributed by atoms with Crippen LogP contribution in [0.3, 0.4) is 0 Å². The minimum Gasteiger partial charge on any atom is -0.341 e. The number of carbonyl (C=O) groups is 1. The van der Waals surface area contributed by atoms with Gasteiger partial charge in [0, 0.05) is 25.6 Å². The van der Waals surface area contributed by atoms with Crippen molar-refractivity contribution in [2.24, 2.45) is 11.3 Å². The van der Waals surface area contributed by atoms with E-state index in [1.807, 2.05) is 0 Å². The molecule has 1 aliphatic heterocycles. The number of urea groups is 1. The summed E-state index contributed by atoms with van der Waals surface area (Å²) in [5.74, 6) is -3.21. The van der Waals surface area contributed by atoms with E-state index in [0.29, 0.717) is 13.0 Å². The van der Waals surface area contributed by atoms with Crippen molar-refractivity contribution in [3.63, 3.8) is 0 Å². The SMILES string of the molecule is CNC(=O)N1CCC2(C)C(C1)C2(F)F. The zero-order chi connectivity index (χ0) is 10.6. The van der Waals surface area contributed by atoms with Gasteiger partial charge in [-0.1, -0.05) is 6.92 Å². The fraction of sp³-hybridized carbons (Fsp3) is 0.889. The number of nitrogens with one attached hydrogen (secondary N) is 1. The van der Waals surface area contributed by atoms with Gasteiger partial charge in [-0.2, -0.15) is 0 Å². The molecule has 1 heterocycles. The van der Waals surface area contributed by atoms with Gasteiger partial charge in [0.15, 0.2) is 0 Å². The first-order valence-electron chi connectivity index (χ1n) is 4.78. The van der Waals surface area contributed by atoms with Crippen LogP contribution in [0.1, 0.15) is 13.3 Å². The standard InChI is InChI=1S/C9H14F2N2O/c1-8-3-4-13(7(14)12-2)5-6(8)9(8,10)11/h6H,3-5H2,1-2H3,(H,12,14). The molecule has 2 amide bonds. The number of hydrogen-bond acceptors (Lipinski definition) is 1. The molecular weight excluding hydrogens is 190 g/mol. The van der Waals surface area contributed by atoms with Crippen LogP contribution >= 0.6 is 0 Å². The molecule has 2 aliphatic rings. The first kappa shape index (κ1) is 9.68. The lowest BCUT2D eigenvalue weighted by molar-refractivity contribution is 0.0636. The zero-order valence-corrected chi connectivity index (χ0v) is 8.31. The molecule has 0 aromatic rings. The van der Waals surface area contributed by atoms with E-state index in [2.05, 4.69) is 5.32 Å². The summed E-state index contributed by atoms with van der Waals surface area (Å²) in [7, 11) is 1.52. The summed E-state index contributed by atoms with van der Waals surface area (Å²) in [5.41, 5.74) is -0.850. The molecule has 3 nitrogen and oxygen atoms in total. The molecule has 2 rings (SSSR count). The highest BCUT2D eigenvalue weighted by atomic mass is 19.3. The van der Waals surface area contributed by atoms with Crippen molar-refractivity contribution in [1.82, 2.24) is 10.2 Å². The van der Waals surface area contributed by atoms with Gasteiger partial charge in [-0.05, 0) is 6.42 Å². The monoisotopic (exact) mass is 204 g/mol. The van der Waals surface area contributed by atoms with E-state index in [0.717, 1.165) is 0 Å². The second kappa shape index (κ2) is 2.58. The number of amides is 2. The Kier molecular flexibility index (Phi) is 1.78. The number of halogens is 2. The van der Waals surface area contributed by atoms with Gasteiger partial charge < -0.3 is 10.2 Å². The van der Waals surface area contributed by atoms with E-state index in [1.54, 1.807) is 6.92 Å². The predicted octanol–water partition coefficient (Wildman–Crippen LogP) is 1.30. The molecule has 14 heavy (non-hydrogen) atoms. The third-order valence-electron chi connectivity index (χ3n) is 3.69. The molecule has 0 bridgehead atoms. The summed E-state index contributed by atoms with van der Waals surface area (Å²) in [4.78, 5) is 12.7. The van der Waals surface area contributed by atoms with Crippen molar-refractivity contribution in [3.8, 4) is 0 Å². The maximum absolute atomic E-state index is 13.3. The minimum absolute atomic E-state index is 0.184. The Morgan fingerprint density at radius 3 is 2.71 bits per heavy atom. The Labute approximate surface area is 81.4 Å². The van der Waals surface area contributed by atoms with Crippen LogP contribution in [0.5, 0.6) is 0 Å². The third kappa shape index (κ3) is 0.980. The summed E-state index contributed by atoms with van der Waals surface area (Å²) in [6.45, 7) is 2.23. The Balaban J connectivity index is 2.05. The van der Waals surface area contributed by atoms with E-state index in [1.165, 1.54) is 11.9 Å². The lowest BCUT2D eigenvalue weighted by Gasteiger charge is -2.27. The fourth-order valence-corrected chi connectivity index (χ4v) is 2.35. The molecule has 0 spiro atoms. The third-order valence-corrected chi connectivity index (χ3v) is 3.69. The maximum atomic E-state index is 13.3. The Morgan fingerprint density at radius 2 is 2.21 bits per heavy atom. The van der Waals surface area contributed by atoms with Gasteiger partial charge in [0.25, 0.3) is 5.92 Å². The molecule has 0 radical (unpaired) electrons. The number of rotatable bonds is 0. The fourth-order valence-electron chi connectivity index (χ4n) is 2.35. The Hall–Kier alpha value is -0.870. The Bertz CT molecular complexity index is 282. The topological polar surface area (TPSA) is 32.3 Å². The normalized spacial score (nSPS) is 38.9. The average Bonchev–Trinajstić information content (AvgIpc) is 2.60. The lowest BCUT2D eigenvalue weighted by atomic mass is 9.98. The van der Waals surface area contributed by atoms with Crippen molar-refractivity contribution < 1.29 is 13.6 Å². The van der Waals surface area contributed by atoms with Crippen LogP contribution in [0.15, 0.2) is 0 Å². The van der Waals surface area contributed by atoms with Crippen LogP contribution in [0, 0.1) is 11.3 Å². The van der Waals surface area contributed by atoms with Crippen LogP contribution in [-0.4, -0.2) is 37.0 Å². The molecule has 1 saturated carbocycles. The molecule has 2 fully saturated rings. The van der Waals surface area contributed by atoms with Gasteiger partial charge in [-0.3, -0.25) is 0 Å². The van der Waals surface area contributed by atoms with Crippen LogP contribution in [0.2, 0.25) is 0 Å². The van der Waals surface area contributed by atoms with Crippen LogP contribution in [0.4, 0.5) is 13.6 Å². The summed E-state index contributed by atoms with van der Waals surface area (Å²) in [5, 5.41) is 2.46. The van der Waals surface area contributed by atoms with Crippen molar-refractivity contribution >= 4 is 6.03 Å². The Morgan fingerprint density at radius 1 is 1.57 bits per heavy atom. The molecule has 2 atom stereocenters. The first-order chi connectivity index (χ1) is 6.43. The number of carbonyl (C=O) groups excluding carboxylic acids is 1. The van der Waals surface area contributed by atoms with Crippen LogP contribution in [-0.2, 0) is 0 Å². The largest absolute Gasteiger partial charge is 0.341 e. The van der Waals surface area contributed by atoms with Gasteiger partial charge in [0.05, 0.1) is 5.92 Å². The smallest absolute Gasteiger partial charge is 0.317 e. The van der Waals surface area contributed by atoms with Gasteiger partial charge in [-0.15, -0.1) is 0 Å². The number of alkyl halides is 2. The summed E-state index contributed by atoms with van der Waals surface area (Å²) >= 11 is 0. The summed E-state index contributed by atoms with van der Waals surface area (Å²) in [6.07, 6.45) is 0.401. The summed E-state index contributed by atoms with van der Waals surface area (Å²) < 4.78 is 26.5. The molecule has 0 aromatic carbocycles. The molecule has 1 saturated heterocycles. The second-order valence-corrected chi connectivity index (χ2v) is 4.34. The van der Waals surface area contributed by atoms with Gasteiger partial charge >= 0.3 is 6.03 Å².